The van der Waals surface area contributed by atoms with Crippen LogP contribution in [0.2, 0.25) is 0 Å². The Labute approximate surface area is 90.7 Å². The molecule has 2 rings (SSSR count). The number of halogens is 1. The fourth-order valence-electron chi connectivity index (χ4n) is 1.18. The first kappa shape index (κ1) is 10.7. The van der Waals surface area contributed by atoms with Gasteiger partial charge < -0.3 is 10.8 Å². The molecule has 74 valence electrons. The van der Waals surface area contributed by atoms with E-state index >= 15 is 0 Å². The Bertz CT molecular complexity index is 575. The third-order valence-corrected chi connectivity index (χ3v) is 2.14. The predicted octanol–water partition coefficient (Wildman–Crippen LogP) is 1.19. The molecule has 0 amide bonds. The summed E-state index contributed by atoms with van der Waals surface area (Å²) < 4.78 is 1.15. The molecule has 0 saturated carbocycles. The van der Waals surface area contributed by atoms with Crippen LogP contribution in [0.25, 0.3) is 10.9 Å². The van der Waals surface area contributed by atoms with Gasteiger partial charge in [0.25, 0.3) is 5.56 Å². The third-order valence-electron chi connectivity index (χ3n) is 1.84. The van der Waals surface area contributed by atoms with Crippen molar-refractivity contribution >= 4 is 35.5 Å². The van der Waals surface area contributed by atoms with Crippen molar-refractivity contribution in [2.45, 2.75) is 0 Å². The molecule has 0 aliphatic heterocycles. The number of hydrogen-bond donors (Lipinski definition) is 2. The van der Waals surface area contributed by atoms with Crippen LogP contribution in [0.1, 0.15) is 0 Å². The average molecular weight is 230 g/mol. The number of hydrogen-bond acceptors (Lipinski definition) is 3. The number of benzene rings is 1. The summed E-state index contributed by atoms with van der Waals surface area (Å²) in [7, 11) is 0. The molecule has 0 bridgehead atoms. The van der Waals surface area contributed by atoms with E-state index in [1.807, 2.05) is 6.07 Å². The number of nitrogens with zero attached hydrogens (tertiary/aromatic N) is 1. The Balaban J connectivity index is 0.000000980. The molecule has 1 aromatic carbocycles. The van der Waals surface area contributed by atoms with Gasteiger partial charge in [-0.3, -0.25) is 4.79 Å². The molecule has 1 heterocycles. The standard InChI is InChI=1S/C8H7N3OS.ClH/c9-11-7(12)5-3-1-2-4-6(5)10-8(11)13;/h1-4H,9H2,(H,10,13);1H. The largest absolute Gasteiger partial charge is 0.334 e. The summed E-state index contributed by atoms with van der Waals surface area (Å²) in [6, 6.07) is 7.09. The molecule has 0 radical (unpaired) electrons. The number of fused-ring (bicyclic) bond motifs is 1. The van der Waals surface area contributed by atoms with Gasteiger partial charge in [0.2, 0.25) is 0 Å². The first-order chi connectivity index (χ1) is 6.20. The highest BCUT2D eigenvalue weighted by Crippen LogP contribution is 2.04. The lowest BCUT2D eigenvalue weighted by atomic mass is 10.2. The quantitative estimate of drug-likeness (QED) is 0.527. The number of para-hydroxylation sites is 1. The number of aromatic nitrogens is 2. The van der Waals surface area contributed by atoms with Crippen molar-refractivity contribution in [1.29, 1.82) is 0 Å². The van der Waals surface area contributed by atoms with E-state index in [-0.39, 0.29) is 22.7 Å². The van der Waals surface area contributed by atoms with Gasteiger partial charge in [-0.05, 0) is 24.4 Å². The van der Waals surface area contributed by atoms with E-state index in [1.54, 1.807) is 18.2 Å². The minimum absolute atomic E-state index is 0. The average Bonchev–Trinajstić information content (AvgIpc) is 2.15. The fraction of sp³-hybridized carbons (Fsp3) is 0. The molecule has 3 N–H and O–H groups in total. The van der Waals surface area contributed by atoms with Crippen LogP contribution >= 0.6 is 24.6 Å². The van der Waals surface area contributed by atoms with Gasteiger partial charge in [0.1, 0.15) is 0 Å². The van der Waals surface area contributed by atoms with Crippen molar-refractivity contribution < 1.29 is 0 Å². The molecule has 0 unspecified atom stereocenters. The summed E-state index contributed by atoms with van der Waals surface area (Å²) in [4.78, 5) is 14.4. The highest BCUT2D eigenvalue weighted by Gasteiger charge is 2.00. The zero-order valence-electron chi connectivity index (χ0n) is 7.06. The van der Waals surface area contributed by atoms with Gasteiger partial charge in [0.15, 0.2) is 4.77 Å². The third kappa shape index (κ3) is 1.51. The monoisotopic (exact) mass is 229 g/mol. The zero-order chi connectivity index (χ0) is 9.42. The first-order valence-corrected chi connectivity index (χ1v) is 4.10. The van der Waals surface area contributed by atoms with Crippen molar-refractivity contribution in [2.24, 2.45) is 0 Å². The van der Waals surface area contributed by atoms with Gasteiger partial charge in [-0.15, -0.1) is 12.4 Å². The minimum Gasteiger partial charge on any atom is -0.334 e. The van der Waals surface area contributed by atoms with Crippen LogP contribution in [0.4, 0.5) is 0 Å². The highest BCUT2D eigenvalue weighted by molar-refractivity contribution is 7.71. The summed E-state index contributed by atoms with van der Waals surface area (Å²) in [5.41, 5.74) is 0.429. The number of H-pyrrole nitrogens is 1. The van der Waals surface area contributed by atoms with Crippen molar-refractivity contribution in [2.75, 3.05) is 5.84 Å². The van der Waals surface area contributed by atoms with Crippen molar-refractivity contribution in [3.8, 4) is 0 Å². The topological polar surface area (TPSA) is 63.8 Å². The van der Waals surface area contributed by atoms with E-state index in [2.05, 4.69) is 4.98 Å². The van der Waals surface area contributed by atoms with Gasteiger partial charge in [-0.2, -0.15) is 4.68 Å². The molecule has 0 spiro atoms. The van der Waals surface area contributed by atoms with E-state index in [0.29, 0.717) is 10.9 Å². The molecule has 0 aliphatic carbocycles. The molecule has 6 heteroatoms. The number of nitrogen functional groups attached to an aromatic ring is 1. The number of nitrogens with two attached hydrogens (primary N) is 1. The fourth-order valence-corrected chi connectivity index (χ4v) is 1.37. The molecule has 4 nitrogen and oxygen atoms in total. The molecule has 1 aromatic heterocycles. The van der Waals surface area contributed by atoms with Crippen LogP contribution in [0.5, 0.6) is 0 Å². The molecular weight excluding hydrogens is 222 g/mol. The van der Waals surface area contributed by atoms with E-state index in [4.69, 9.17) is 18.1 Å². The smallest absolute Gasteiger partial charge is 0.280 e. The Morgan fingerprint density at radius 3 is 2.71 bits per heavy atom. The van der Waals surface area contributed by atoms with Crippen molar-refractivity contribution in [1.82, 2.24) is 9.66 Å². The second-order valence-electron chi connectivity index (χ2n) is 2.65. The molecule has 2 aromatic rings. The maximum atomic E-state index is 11.5. The zero-order valence-corrected chi connectivity index (χ0v) is 8.69. The van der Waals surface area contributed by atoms with Crippen LogP contribution in [0.3, 0.4) is 0 Å². The maximum absolute atomic E-state index is 11.5. The predicted molar refractivity (Wildman–Crippen MR) is 60.8 cm³/mol. The Morgan fingerprint density at radius 2 is 2.00 bits per heavy atom. The summed E-state index contributed by atoms with van der Waals surface area (Å²) in [5, 5.41) is 0.540. The molecule has 14 heavy (non-hydrogen) atoms. The van der Waals surface area contributed by atoms with Gasteiger partial charge >= 0.3 is 0 Å². The van der Waals surface area contributed by atoms with Crippen LogP contribution in [0.15, 0.2) is 29.1 Å². The summed E-state index contributed by atoms with van der Waals surface area (Å²) in [6.45, 7) is 0. The number of nitrogens with one attached hydrogen (secondary N) is 1. The molecular formula is C8H8ClN3OS. The summed E-state index contributed by atoms with van der Waals surface area (Å²) in [6.07, 6.45) is 0. The normalized spacial score (nSPS) is 9.71. The van der Waals surface area contributed by atoms with Gasteiger partial charge in [0.05, 0.1) is 10.9 Å². The van der Waals surface area contributed by atoms with E-state index in [1.165, 1.54) is 0 Å². The lowest BCUT2D eigenvalue weighted by Crippen LogP contribution is -2.28. The van der Waals surface area contributed by atoms with E-state index in [9.17, 15) is 4.79 Å². The lowest BCUT2D eigenvalue weighted by Gasteiger charge is -2.00. The molecule has 0 aliphatic rings. The van der Waals surface area contributed by atoms with Gasteiger partial charge in [-0.25, -0.2) is 0 Å². The van der Waals surface area contributed by atoms with Crippen molar-refractivity contribution in [3.63, 3.8) is 0 Å². The first-order valence-electron chi connectivity index (χ1n) is 3.69. The maximum Gasteiger partial charge on any atom is 0.280 e. The van der Waals surface area contributed by atoms with E-state index < -0.39 is 0 Å². The second-order valence-corrected chi connectivity index (χ2v) is 3.04. The minimum atomic E-state index is -0.278. The van der Waals surface area contributed by atoms with Crippen molar-refractivity contribution in [3.05, 3.63) is 39.4 Å². The SMILES string of the molecule is Cl.Nn1c(=S)[nH]c2ccccc2c1=O. The van der Waals surface area contributed by atoms with E-state index in [0.717, 1.165) is 4.68 Å². The van der Waals surface area contributed by atoms with Crippen LogP contribution in [-0.2, 0) is 0 Å². The number of aromatic amines is 1. The molecule has 0 saturated heterocycles. The Morgan fingerprint density at radius 1 is 1.36 bits per heavy atom. The van der Waals surface area contributed by atoms with Crippen LogP contribution in [0, 0.1) is 4.77 Å². The Hall–Kier alpha value is -1.33. The highest BCUT2D eigenvalue weighted by atomic mass is 35.5. The van der Waals surface area contributed by atoms with Crippen LogP contribution < -0.4 is 11.4 Å². The van der Waals surface area contributed by atoms with Gasteiger partial charge in [0, 0.05) is 0 Å². The van der Waals surface area contributed by atoms with Gasteiger partial charge in [-0.1, -0.05) is 12.1 Å². The molecule has 0 atom stereocenters. The Kier molecular flexibility index (Phi) is 2.93. The number of rotatable bonds is 0. The second kappa shape index (κ2) is 3.81. The summed E-state index contributed by atoms with van der Waals surface area (Å²) in [5.74, 6) is 5.42. The molecule has 0 fully saturated rings. The van der Waals surface area contributed by atoms with Crippen LogP contribution in [-0.4, -0.2) is 9.66 Å². The lowest BCUT2D eigenvalue weighted by molar-refractivity contribution is 0.892. The summed E-state index contributed by atoms with van der Waals surface area (Å²) >= 11 is 4.85.